The van der Waals surface area contributed by atoms with E-state index in [0.29, 0.717) is 6.61 Å². The SMILES string of the molecule is CCc1ncccc1OC(c1ccccc1)[C@@H]1CNCCO1. The molecule has 3 rings (SSSR count). The average molecular weight is 298 g/mol. The van der Waals surface area contributed by atoms with Gasteiger partial charge in [-0.3, -0.25) is 4.98 Å². The van der Waals surface area contributed by atoms with Crippen molar-refractivity contribution in [2.75, 3.05) is 19.7 Å². The van der Waals surface area contributed by atoms with Gasteiger partial charge < -0.3 is 14.8 Å². The van der Waals surface area contributed by atoms with Gasteiger partial charge in [0.15, 0.2) is 6.10 Å². The standard InChI is InChI=1S/C18H22N2O2/c1-2-15-16(9-6-10-20-15)22-18(14-7-4-3-5-8-14)17-13-19-11-12-21-17/h3-10,17-19H,2,11-13H2,1H3/t17-,18?/m0/s1. The summed E-state index contributed by atoms with van der Waals surface area (Å²) in [5, 5.41) is 3.38. The highest BCUT2D eigenvalue weighted by atomic mass is 16.5. The maximum atomic E-state index is 6.33. The van der Waals surface area contributed by atoms with Crippen molar-refractivity contribution in [2.24, 2.45) is 0 Å². The van der Waals surface area contributed by atoms with E-state index in [2.05, 4.69) is 29.4 Å². The molecule has 1 saturated heterocycles. The van der Waals surface area contributed by atoms with Gasteiger partial charge in [-0.1, -0.05) is 37.3 Å². The fraction of sp³-hybridized carbons (Fsp3) is 0.389. The second-order valence-electron chi connectivity index (χ2n) is 5.36. The van der Waals surface area contributed by atoms with Gasteiger partial charge in [0.25, 0.3) is 0 Å². The Bertz CT molecular complexity index is 583. The smallest absolute Gasteiger partial charge is 0.151 e. The van der Waals surface area contributed by atoms with Gasteiger partial charge in [-0.15, -0.1) is 0 Å². The fourth-order valence-corrected chi connectivity index (χ4v) is 2.71. The van der Waals surface area contributed by atoms with Gasteiger partial charge in [-0.25, -0.2) is 0 Å². The van der Waals surface area contributed by atoms with Crippen LogP contribution in [-0.4, -0.2) is 30.8 Å². The lowest BCUT2D eigenvalue weighted by molar-refractivity contribution is -0.0436. The monoisotopic (exact) mass is 298 g/mol. The molecule has 2 atom stereocenters. The first-order chi connectivity index (χ1) is 10.9. The Morgan fingerprint density at radius 1 is 1.27 bits per heavy atom. The van der Waals surface area contributed by atoms with Crippen molar-refractivity contribution in [3.8, 4) is 5.75 Å². The highest BCUT2D eigenvalue weighted by Crippen LogP contribution is 2.28. The number of aryl methyl sites for hydroxylation is 1. The molecule has 1 fully saturated rings. The summed E-state index contributed by atoms with van der Waals surface area (Å²) in [6, 6.07) is 14.2. The molecular formula is C18H22N2O2. The third kappa shape index (κ3) is 3.46. The molecule has 1 aromatic heterocycles. The van der Waals surface area contributed by atoms with E-state index < -0.39 is 0 Å². The van der Waals surface area contributed by atoms with E-state index in [9.17, 15) is 0 Å². The summed E-state index contributed by atoms with van der Waals surface area (Å²) in [4.78, 5) is 4.41. The van der Waals surface area contributed by atoms with Gasteiger partial charge in [0.05, 0.1) is 12.3 Å². The van der Waals surface area contributed by atoms with Crippen molar-refractivity contribution in [1.82, 2.24) is 10.3 Å². The molecule has 0 aliphatic carbocycles. The Kier molecular flexibility index (Phi) is 5.03. The lowest BCUT2D eigenvalue weighted by Gasteiger charge is -2.32. The van der Waals surface area contributed by atoms with Crippen LogP contribution in [0.5, 0.6) is 5.75 Å². The molecular weight excluding hydrogens is 276 g/mol. The van der Waals surface area contributed by atoms with Crippen LogP contribution in [0.4, 0.5) is 0 Å². The quantitative estimate of drug-likeness (QED) is 0.922. The van der Waals surface area contributed by atoms with Crippen LogP contribution >= 0.6 is 0 Å². The number of hydrogen-bond donors (Lipinski definition) is 1. The van der Waals surface area contributed by atoms with Gasteiger partial charge in [-0.2, -0.15) is 0 Å². The summed E-state index contributed by atoms with van der Waals surface area (Å²) in [6.07, 6.45) is 2.52. The highest BCUT2D eigenvalue weighted by molar-refractivity contribution is 5.29. The van der Waals surface area contributed by atoms with Crippen molar-refractivity contribution in [2.45, 2.75) is 25.6 Å². The number of aromatic nitrogens is 1. The Hall–Kier alpha value is -1.91. The van der Waals surface area contributed by atoms with Crippen LogP contribution in [-0.2, 0) is 11.2 Å². The fourth-order valence-electron chi connectivity index (χ4n) is 2.71. The number of nitrogens with one attached hydrogen (secondary N) is 1. The van der Waals surface area contributed by atoms with E-state index in [1.165, 1.54) is 0 Å². The van der Waals surface area contributed by atoms with E-state index >= 15 is 0 Å². The van der Waals surface area contributed by atoms with Crippen molar-refractivity contribution >= 4 is 0 Å². The van der Waals surface area contributed by atoms with Crippen LogP contribution in [0, 0.1) is 0 Å². The van der Waals surface area contributed by atoms with Crippen LogP contribution in [0.3, 0.4) is 0 Å². The van der Waals surface area contributed by atoms with Crippen LogP contribution in [0.2, 0.25) is 0 Å². The molecule has 2 aromatic rings. The Labute approximate surface area is 131 Å². The average Bonchev–Trinajstić information content (AvgIpc) is 2.61. The number of pyridine rings is 1. The molecule has 1 aliphatic heterocycles. The van der Waals surface area contributed by atoms with Crippen LogP contribution < -0.4 is 10.1 Å². The van der Waals surface area contributed by atoms with Crippen LogP contribution in [0.1, 0.15) is 24.3 Å². The second kappa shape index (κ2) is 7.38. The largest absolute Gasteiger partial charge is 0.481 e. The van der Waals surface area contributed by atoms with Gasteiger partial charge >= 0.3 is 0 Å². The predicted molar refractivity (Wildman–Crippen MR) is 86.0 cm³/mol. The number of hydrogen-bond acceptors (Lipinski definition) is 4. The number of benzene rings is 1. The van der Waals surface area contributed by atoms with Gasteiger partial charge in [0, 0.05) is 19.3 Å². The molecule has 4 heteroatoms. The first kappa shape index (κ1) is 15.0. The number of morpholine rings is 1. The molecule has 0 radical (unpaired) electrons. The summed E-state index contributed by atoms with van der Waals surface area (Å²) >= 11 is 0. The normalized spacial score (nSPS) is 19.6. The van der Waals surface area contributed by atoms with Crippen molar-refractivity contribution in [3.63, 3.8) is 0 Å². The topological polar surface area (TPSA) is 43.4 Å². The lowest BCUT2D eigenvalue weighted by Crippen LogP contribution is -2.43. The van der Waals surface area contributed by atoms with Crippen LogP contribution in [0.15, 0.2) is 48.7 Å². The first-order valence-corrected chi connectivity index (χ1v) is 7.86. The summed E-state index contributed by atoms with van der Waals surface area (Å²) < 4.78 is 12.3. The molecule has 0 bridgehead atoms. The molecule has 1 N–H and O–H groups in total. The predicted octanol–water partition coefficient (Wildman–Crippen LogP) is 2.75. The summed E-state index contributed by atoms with van der Waals surface area (Å²) in [7, 11) is 0. The maximum absolute atomic E-state index is 6.33. The first-order valence-electron chi connectivity index (χ1n) is 7.86. The van der Waals surface area contributed by atoms with Crippen LogP contribution in [0.25, 0.3) is 0 Å². The minimum Gasteiger partial charge on any atom is -0.481 e. The summed E-state index contributed by atoms with van der Waals surface area (Å²) in [5.41, 5.74) is 2.11. The molecule has 0 spiro atoms. The molecule has 1 unspecified atom stereocenters. The molecule has 2 heterocycles. The van der Waals surface area contributed by atoms with Gasteiger partial charge in [0.1, 0.15) is 11.9 Å². The molecule has 1 aromatic carbocycles. The molecule has 0 amide bonds. The zero-order chi connectivity index (χ0) is 15.2. The Morgan fingerprint density at radius 2 is 2.14 bits per heavy atom. The van der Waals surface area contributed by atoms with Gasteiger partial charge in [-0.05, 0) is 24.1 Å². The molecule has 1 aliphatic rings. The third-order valence-electron chi connectivity index (χ3n) is 3.86. The van der Waals surface area contributed by atoms with Crippen molar-refractivity contribution in [1.29, 1.82) is 0 Å². The second-order valence-corrected chi connectivity index (χ2v) is 5.36. The van der Waals surface area contributed by atoms with Crippen molar-refractivity contribution < 1.29 is 9.47 Å². The number of ether oxygens (including phenoxy) is 2. The molecule has 22 heavy (non-hydrogen) atoms. The Morgan fingerprint density at radius 3 is 2.86 bits per heavy atom. The minimum atomic E-state index is -0.136. The zero-order valence-corrected chi connectivity index (χ0v) is 12.9. The molecule has 4 nitrogen and oxygen atoms in total. The van der Waals surface area contributed by atoms with Crippen molar-refractivity contribution in [3.05, 3.63) is 59.9 Å². The zero-order valence-electron chi connectivity index (χ0n) is 12.9. The van der Waals surface area contributed by atoms with Gasteiger partial charge in [0.2, 0.25) is 0 Å². The highest BCUT2D eigenvalue weighted by Gasteiger charge is 2.28. The van der Waals surface area contributed by atoms with E-state index in [-0.39, 0.29) is 12.2 Å². The van der Waals surface area contributed by atoms with E-state index in [0.717, 1.165) is 36.5 Å². The summed E-state index contributed by atoms with van der Waals surface area (Å²) in [6.45, 7) is 4.49. The number of nitrogens with zero attached hydrogens (tertiary/aromatic N) is 1. The molecule has 116 valence electrons. The summed E-state index contributed by atoms with van der Waals surface area (Å²) in [5.74, 6) is 0.841. The number of rotatable bonds is 5. The lowest BCUT2D eigenvalue weighted by atomic mass is 10.0. The van der Waals surface area contributed by atoms with E-state index in [1.54, 1.807) is 0 Å². The third-order valence-corrected chi connectivity index (χ3v) is 3.86. The maximum Gasteiger partial charge on any atom is 0.151 e. The molecule has 0 saturated carbocycles. The Balaban J connectivity index is 1.88. The minimum absolute atomic E-state index is 0.000984. The van der Waals surface area contributed by atoms with E-state index in [4.69, 9.17) is 9.47 Å². The van der Waals surface area contributed by atoms with E-state index in [1.807, 2.05) is 36.5 Å².